The van der Waals surface area contributed by atoms with Crippen LogP contribution in [0.25, 0.3) is 5.00 Å². The third-order valence-corrected chi connectivity index (χ3v) is 9.94. The number of aliphatic imine (C=N–C) groups is 1. The van der Waals surface area contributed by atoms with Gasteiger partial charge in [-0.3, -0.25) is 9.56 Å². The van der Waals surface area contributed by atoms with Crippen LogP contribution in [0.1, 0.15) is 39.3 Å². The number of fused-ring (bicyclic) bond motifs is 5. The lowest BCUT2D eigenvalue weighted by Gasteiger charge is -2.26. The Morgan fingerprint density at radius 2 is 2.06 bits per heavy atom. The molecule has 36 heavy (non-hydrogen) atoms. The molecule has 3 aromatic heterocycles. The van der Waals surface area contributed by atoms with Gasteiger partial charge in [-0.25, -0.2) is 8.42 Å². The van der Waals surface area contributed by atoms with E-state index in [1.54, 1.807) is 18.3 Å². The summed E-state index contributed by atoms with van der Waals surface area (Å²) in [6.07, 6.45) is 2.12. The van der Waals surface area contributed by atoms with E-state index in [9.17, 15) is 8.42 Å². The minimum absolute atomic E-state index is 0.179. The second-order valence-electron chi connectivity index (χ2n) is 8.51. The lowest BCUT2D eigenvalue weighted by atomic mass is 9.95. The molecule has 13 heteroatoms. The summed E-state index contributed by atoms with van der Waals surface area (Å²) in [5, 5.41) is 10.2. The highest BCUT2D eigenvalue weighted by Gasteiger charge is 2.38. The molecule has 2 aliphatic heterocycles. The molecular formula is C23H20ClN7O2S3. The molecular weight excluding hydrogens is 538 g/mol. The van der Waals surface area contributed by atoms with Gasteiger partial charge in [-0.05, 0) is 37.1 Å². The van der Waals surface area contributed by atoms with E-state index in [1.165, 1.54) is 15.6 Å². The third kappa shape index (κ3) is 3.55. The molecule has 3 N–H and O–H groups in total. The predicted molar refractivity (Wildman–Crippen MR) is 143 cm³/mol. The van der Waals surface area contributed by atoms with E-state index >= 15 is 0 Å². The maximum atomic E-state index is 13.2. The number of nitrogens with zero attached hydrogens (tertiary/aromatic N) is 5. The Morgan fingerprint density at radius 3 is 2.78 bits per heavy atom. The lowest BCUT2D eigenvalue weighted by molar-refractivity contribution is 0.394. The number of aromatic amines is 1. The van der Waals surface area contributed by atoms with Crippen molar-refractivity contribution in [2.75, 3.05) is 6.54 Å². The highest BCUT2D eigenvalue weighted by Crippen LogP contribution is 2.43. The number of nitrogens with one attached hydrogen (secondary N) is 1. The summed E-state index contributed by atoms with van der Waals surface area (Å²) in [5.74, 6) is 1.19. The molecule has 5 heterocycles. The Balaban J connectivity index is 1.57. The van der Waals surface area contributed by atoms with Gasteiger partial charge in [0, 0.05) is 40.3 Å². The number of rotatable bonds is 4. The molecule has 4 aromatic rings. The van der Waals surface area contributed by atoms with Crippen molar-refractivity contribution in [2.45, 2.75) is 31.0 Å². The molecule has 1 atom stereocenters. The normalized spacial score (nSPS) is 17.6. The summed E-state index contributed by atoms with van der Waals surface area (Å²) in [7, 11) is -3.65. The number of halogens is 1. The van der Waals surface area contributed by atoms with Crippen LogP contribution in [0.3, 0.4) is 0 Å². The average Bonchev–Trinajstić information content (AvgIpc) is 3.57. The Morgan fingerprint density at radius 1 is 1.25 bits per heavy atom. The summed E-state index contributed by atoms with van der Waals surface area (Å²) >= 11 is 13.5. The van der Waals surface area contributed by atoms with Gasteiger partial charge in [0.1, 0.15) is 20.8 Å². The van der Waals surface area contributed by atoms with Crippen molar-refractivity contribution in [3.05, 3.63) is 80.8 Å². The van der Waals surface area contributed by atoms with Crippen molar-refractivity contribution in [1.82, 2.24) is 24.1 Å². The number of thiocarbonyl (C=S) groups is 1. The van der Waals surface area contributed by atoms with Crippen molar-refractivity contribution in [3.63, 3.8) is 0 Å². The Labute approximate surface area is 221 Å². The van der Waals surface area contributed by atoms with Crippen LogP contribution in [0.4, 0.5) is 0 Å². The van der Waals surface area contributed by atoms with E-state index in [2.05, 4.69) is 15.2 Å². The first-order valence-electron chi connectivity index (χ1n) is 11.1. The van der Waals surface area contributed by atoms with Gasteiger partial charge < -0.3 is 10.7 Å². The molecule has 0 amide bonds. The van der Waals surface area contributed by atoms with Crippen molar-refractivity contribution < 1.29 is 8.42 Å². The highest BCUT2D eigenvalue weighted by atomic mass is 35.5. The molecule has 0 aliphatic carbocycles. The molecule has 1 aromatic carbocycles. The number of sulfonamides is 1. The van der Waals surface area contributed by atoms with E-state index in [0.29, 0.717) is 35.3 Å². The molecule has 0 bridgehead atoms. The first kappa shape index (κ1) is 23.5. The predicted octanol–water partition coefficient (Wildman–Crippen LogP) is 3.54. The summed E-state index contributed by atoms with van der Waals surface area (Å²) < 4.78 is 29.9. The zero-order valence-electron chi connectivity index (χ0n) is 19.0. The topological polar surface area (TPSA) is 122 Å². The monoisotopic (exact) mass is 557 g/mol. The van der Waals surface area contributed by atoms with Gasteiger partial charge in [0.25, 0.3) is 10.0 Å². The fourth-order valence-corrected chi connectivity index (χ4v) is 7.95. The number of thiophene rings is 1. The number of H-pyrrole nitrogens is 1. The molecule has 6 rings (SSSR count). The number of aromatic nitrogens is 4. The minimum atomic E-state index is -3.65. The van der Waals surface area contributed by atoms with Gasteiger partial charge in [0.2, 0.25) is 0 Å². The molecule has 0 radical (unpaired) electrons. The smallest absolute Gasteiger partial charge is 0.258 e. The Bertz CT molecular complexity index is 1650. The summed E-state index contributed by atoms with van der Waals surface area (Å²) in [4.78, 5) is 8.94. The first-order valence-corrected chi connectivity index (χ1v) is 14.1. The van der Waals surface area contributed by atoms with Crippen LogP contribution < -0.4 is 5.73 Å². The van der Waals surface area contributed by atoms with Crippen molar-refractivity contribution in [3.8, 4) is 5.00 Å². The summed E-state index contributed by atoms with van der Waals surface area (Å²) in [5.41, 5.74) is 9.47. The number of nitrogens with two attached hydrogens (primary N) is 1. The van der Waals surface area contributed by atoms with Crippen LogP contribution in [0, 0.1) is 6.92 Å². The summed E-state index contributed by atoms with van der Waals surface area (Å²) in [6, 6.07) is 10.1. The van der Waals surface area contributed by atoms with Crippen LogP contribution >= 0.6 is 35.2 Å². The van der Waals surface area contributed by atoms with Crippen molar-refractivity contribution >= 4 is 55.9 Å². The molecule has 1 unspecified atom stereocenters. The van der Waals surface area contributed by atoms with E-state index in [-0.39, 0.29) is 16.6 Å². The van der Waals surface area contributed by atoms with Gasteiger partial charge in [-0.2, -0.15) is 4.31 Å². The molecule has 0 saturated carbocycles. The quantitative estimate of drug-likeness (QED) is 0.370. The number of hydrogen-bond donors (Lipinski definition) is 2. The standard InChI is InChI=1S/C23H20ClN7O2S3/c1-12-28-29-22-20(21(25)34)27-19(13-5-2-3-6-15(13)24)18-14-8-10-30(11-16(14)35-23(18)31(12)22)36(32,33)17-7-4-9-26-17/h2-7,9,20,26H,8,10-11H2,1H3,(H2,25,34). The van der Waals surface area contributed by atoms with E-state index < -0.39 is 16.1 Å². The van der Waals surface area contributed by atoms with Gasteiger partial charge in [-0.15, -0.1) is 21.5 Å². The fourth-order valence-electron chi connectivity index (χ4n) is 4.69. The Kier molecular flexibility index (Phi) is 5.61. The van der Waals surface area contributed by atoms with Gasteiger partial charge in [0.15, 0.2) is 11.9 Å². The van der Waals surface area contributed by atoms with Gasteiger partial charge >= 0.3 is 0 Å². The van der Waals surface area contributed by atoms with Crippen molar-refractivity contribution in [2.24, 2.45) is 10.7 Å². The lowest BCUT2D eigenvalue weighted by Crippen LogP contribution is -2.36. The number of hydrogen-bond acceptors (Lipinski definition) is 7. The van der Waals surface area contributed by atoms with Crippen molar-refractivity contribution in [1.29, 1.82) is 0 Å². The van der Waals surface area contributed by atoms with Crippen LogP contribution in [0.2, 0.25) is 5.02 Å². The SMILES string of the molecule is Cc1nnc2n1-c1sc3c(c1C(c1ccccc1Cl)=NC2C(N)=S)CCN(S(=O)(=O)c1ccc[nH]1)C3. The molecule has 0 spiro atoms. The number of benzene rings is 1. The van der Waals surface area contributed by atoms with E-state index in [4.69, 9.17) is 34.5 Å². The van der Waals surface area contributed by atoms with Crippen LogP contribution in [0.15, 0.2) is 52.6 Å². The van der Waals surface area contributed by atoms with Gasteiger partial charge in [0.05, 0.1) is 5.71 Å². The zero-order chi connectivity index (χ0) is 25.2. The largest absolute Gasteiger partial charge is 0.391 e. The Hall–Kier alpha value is -2.90. The zero-order valence-corrected chi connectivity index (χ0v) is 22.2. The molecule has 0 fully saturated rings. The second-order valence-corrected chi connectivity index (χ2v) is 12.4. The van der Waals surface area contributed by atoms with E-state index in [1.807, 2.05) is 35.8 Å². The molecule has 2 aliphatic rings. The average molecular weight is 558 g/mol. The summed E-state index contributed by atoms with van der Waals surface area (Å²) in [6.45, 7) is 2.44. The molecule has 184 valence electrons. The minimum Gasteiger partial charge on any atom is -0.391 e. The molecule has 0 saturated heterocycles. The molecule has 9 nitrogen and oxygen atoms in total. The third-order valence-electron chi connectivity index (χ3n) is 6.38. The fraction of sp³-hybridized carbons (Fsp3) is 0.217. The van der Waals surface area contributed by atoms with Crippen LogP contribution in [-0.4, -0.2) is 49.7 Å². The number of aryl methyl sites for hydroxylation is 1. The van der Waals surface area contributed by atoms with Crippen LogP contribution in [-0.2, 0) is 23.0 Å². The van der Waals surface area contributed by atoms with Gasteiger partial charge in [-0.1, -0.05) is 42.0 Å². The second kappa shape index (κ2) is 8.60. The first-order chi connectivity index (χ1) is 17.3. The highest BCUT2D eigenvalue weighted by molar-refractivity contribution is 7.89. The maximum Gasteiger partial charge on any atom is 0.258 e. The van der Waals surface area contributed by atoms with E-state index in [0.717, 1.165) is 26.6 Å². The maximum absolute atomic E-state index is 13.2. The van der Waals surface area contributed by atoms with Crippen LogP contribution in [0.5, 0.6) is 0 Å².